The molecule has 0 radical (unpaired) electrons. The number of anilines is 1. The Balaban J connectivity index is 2.14. The monoisotopic (exact) mass is 401 g/mol. The maximum atomic E-state index is 13.2. The van der Waals surface area contributed by atoms with Crippen molar-refractivity contribution in [2.45, 2.75) is 4.90 Å². The van der Waals surface area contributed by atoms with E-state index in [1.54, 1.807) is 24.3 Å². The smallest absolute Gasteiger partial charge is 0.261 e. The van der Waals surface area contributed by atoms with Crippen molar-refractivity contribution in [1.29, 1.82) is 0 Å². The van der Waals surface area contributed by atoms with Crippen molar-refractivity contribution in [2.24, 2.45) is 0 Å². The molecule has 0 unspecified atom stereocenters. The summed E-state index contributed by atoms with van der Waals surface area (Å²) in [7, 11) is -3.70. The second kappa shape index (κ2) is 6.79. The number of hydrogen-bond donors (Lipinski definition) is 0. The zero-order valence-corrected chi connectivity index (χ0v) is 15.3. The van der Waals surface area contributed by atoms with E-state index in [-0.39, 0.29) is 11.4 Å². The molecule has 122 valence electrons. The number of nitrogens with zero attached hydrogens (tertiary/aromatic N) is 1. The quantitative estimate of drug-likeness (QED) is 0.565. The van der Waals surface area contributed by atoms with Gasteiger partial charge in [-0.25, -0.2) is 8.42 Å². The molecule has 3 nitrogen and oxygen atoms in total. The van der Waals surface area contributed by atoms with Gasteiger partial charge in [-0.1, -0.05) is 48.5 Å². The molecule has 0 amide bonds. The lowest BCUT2D eigenvalue weighted by Crippen LogP contribution is -2.31. The van der Waals surface area contributed by atoms with Crippen molar-refractivity contribution >= 4 is 42.4 Å². The number of benzene rings is 3. The molecule has 0 aromatic heterocycles. The molecule has 0 N–H and O–H groups in total. The van der Waals surface area contributed by atoms with Crippen LogP contribution in [0, 0.1) is 0 Å². The predicted molar refractivity (Wildman–Crippen MR) is 103 cm³/mol. The number of fused-ring (bicyclic) bond motifs is 1. The molecule has 0 aliphatic rings. The van der Waals surface area contributed by atoms with Crippen LogP contribution in [-0.4, -0.2) is 15.0 Å². The van der Waals surface area contributed by atoms with Crippen LogP contribution in [-0.2, 0) is 10.0 Å². The SMILES string of the molecule is C=CCN(c1ccccc1Br)S(=O)(=O)c1ccc2ccccc2c1. The summed E-state index contributed by atoms with van der Waals surface area (Å²) in [5, 5.41) is 1.90. The Kier molecular flexibility index (Phi) is 4.73. The molecule has 3 aromatic carbocycles. The van der Waals surface area contributed by atoms with Gasteiger partial charge in [0.05, 0.1) is 17.1 Å². The highest BCUT2D eigenvalue weighted by Gasteiger charge is 2.25. The predicted octanol–water partition coefficient (Wildman–Crippen LogP) is 4.98. The fourth-order valence-corrected chi connectivity index (χ4v) is 4.66. The first-order valence-electron chi connectivity index (χ1n) is 7.41. The minimum absolute atomic E-state index is 0.192. The molecule has 5 heteroatoms. The van der Waals surface area contributed by atoms with E-state index in [4.69, 9.17) is 0 Å². The van der Waals surface area contributed by atoms with Crippen molar-refractivity contribution in [1.82, 2.24) is 0 Å². The molecule has 0 spiro atoms. The second-order valence-corrected chi connectivity index (χ2v) is 8.00. The van der Waals surface area contributed by atoms with Crippen molar-refractivity contribution in [3.63, 3.8) is 0 Å². The lowest BCUT2D eigenvalue weighted by Gasteiger charge is -2.24. The summed E-state index contributed by atoms with van der Waals surface area (Å²) in [5.74, 6) is 0. The van der Waals surface area contributed by atoms with Gasteiger partial charge in [-0.05, 0) is 51.0 Å². The van der Waals surface area contributed by atoms with E-state index < -0.39 is 10.0 Å². The maximum Gasteiger partial charge on any atom is 0.264 e. The summed E-state index contributed by atoms with van der Waals surface area (Å²) in [6, 6.07) is 20.1. The van der Waals surface area contributed by atoms with E-state index in [2.05, 4.69) is 22.5 Å². The van der Waals surface area contributed by atoms with Gasteiger partial charge in [-0.2, -0.15) is 0 Å². The highest BCUT2D eigenvalue weighted by Crippen LogP contribution is 2.31. The molecule has 0 atom stereocenters. The van der Waals surface area contributed by atoms with Crippen LogP contribution in [0.25, 0.3) is 10.8 Å². The fourth-order valence-electron chi connectivity index (χ4n) is 2.55. The summed E-state index contributed by atoms with van der Waals surface area (Å²) in [5.41, 5.74) is 0.588. The van der Waals surface area contributed by atoms with Gasteiger partial charge in [0.2, 0.25) is 0 Å². The van der Waals surface area contributed by atoms with E-state index in [1.165, 1.54) is 4.31 Å². The zero-order valence-electron chi connectivity index (χ0n) is 12.9. The highest BCUT2D eigenvalue weighted by atomic mass is 79.9. The second-order valence-electron chi connectivity index (χ2n) is 5.29. The van der Waals surface area contributed by atoms with Crippen LogP contribution in [0.15, 0.2) is 88.8 Å². The van der Waals surface area contributed by atoms with Crippen LogP contribution < -0.4 is 4.31 Å². The molecule has 0 bridgehead atoms. The zero-order chi connectivity index (χ0) is 17.2. The van der Waals surface area contributed by atoms with Gasteiger partial charge in [0.25, 0.3) is 10.0 Å². The van der Waals surface area contributed by atoms with E-state index in [0.717, 1.165) is 15.2 Å². The van der Waals surface area contributed by atoms with E-state index in [1.807, 2.05) is 48.5 Å². The summed E-state index contributed by atoms with van der Waals surface area (Å²) in [4.78, 5) is 0.263. The average molecular weight is 402 g/mol. The Morgan fingerprint density at radius 2 is 1.62 bits per heavy atom. The largest absolute Gasteiger partial charge is 0.264 e. The first-order chi connectivity index (χ1) is 11.5. The van der Waals surface area contributed by atoms with Crippen LogP contribution in [0.3, 0.4) is 0 Å². The Bertz CT molecular complexity index is 999. The van der Waals surface area contributed by atoms with Crippen LogP contribution in [0.2, 0.25) is 0 Å². The number of halogens is 1. The van der Waals surface area contributed by atoms with E-state index in [0.29, 0.717) is 5.69 Å². The molecular formula is C19H16BrNO2S. The van der Waals surface area contributed by atoms with Gasteiger partial charge in [0, 0.05) is 4.47 Å². The third-order valence-corrected chi connectivity index (χ3v) is 6.17. The normalized spacial score (nSPS) is 11.4. The summed E-state index contributed by atoms with van der Waals surface area (Å²) in [6.07, 6.45) is 1.58. The molecule has 3 aromatic rings. The van der Waals surface area contributed by atoms with Crippen LogP contribution in [0.5, 0.6) is 0 Å². The number of para-hydroxylation sites is 1. The van der Waals surface area contributed by atoms with Crippen molar-refractivity contribution in [2.75, 3.05) is 10.8 Å². The molecule has 0 saturated heterocycles. The van der Waals surface area contributed by atoms with Gasteiger partial charge >= 0.3 is 0 Å². The lowest BCUT2D eigenvalue weighted by molar-refractivity contribution is 0.593. The van der Waals surface area contributed by atoms with Crippen LogP contribution >= 0.6 is 15.9 Å². The van der Waals surface area contributed by atoms with Gasteiger partial charge in [0.1, 0.15) is 0 Å². The standard InChI is InChI=1S/C19H16BrNO2S/c1-2-13-21(19-10-6-5-9-18(19)20)24(22,23)17-12-11-15-7-3-4-8-16(15)14-17/h2-12,14H,1,13H2. The van der Waals surface area contributed by atoms with Crippen molar-refractivity contribution in [3.8, 4) is 0 Å². The molecule has 24 heavy (non-hydrogen) atoms. The number of sulfonamides is 1. The molecule has 0 heterocycles. The summed E-state index contributed by atoms with van der Waals surface area (Å²) >= 11 is 3.43. The van der Waals surface area contributed by atoms with Crippen LogP contribution in [0.4, 0.5) is 5.69 Å². The number of rotatable bonds is 5. The van der Waals surface area contributed by atoms with Gasteiger partial charge in [-0.15, -0.1) is 6.58 Å². The molecule has 0 aliphatic heterocycles. The first-order valence-corrected chi connectivity index (χ1v) is 9.64. The third kappa shape index (κ3) is 3.09. The van der Waals surface area contributed by atoms with Crippen molar-refractivity contribution < 1.29 is 8.42 Å². The summed E-state index contributed by atoms with van der Waals surface area (Å²) < 4.78 is 28.4. The fraction of sp³-hybridized carbons (Fsp3) is 0.0526. The Labute approximate surface area is 150 Å². The average Bonchev–Trinajstić information content (AvgIpc) is 2.60. The lowest BCUT2D eigenvalue weighted by atomic mass is 10.1. The Hall–Kier alpha value is -2.11. The topological polar surface area (TPSA) is 37.4 Å². The first kappa shape index (κ1) is 16.7. The van der Waals surface area contributed by atoms with Gasteiger partial charge in [0.15, 0.2) is 0 Å². The summed E-state index contributed by atoms with van der Waals surface area (Å²) in [6.45, 7) is 3.88. The van der Waals surface area contributed by atoms with Crippen molar-refractivity contribution in [3.05, 3.63) is 83.9 Å². The number of hydrogen-bond acceptors (Lipinski definition) is 2. The molecule has 0 aliphatic carbocycles. The van der Waals surface area contributed by atoms with Gasteiger partial charge in [-0.3, -0.25) is 4.31 Å². The molecular weight excluding hydrogens is 386 g/mol. The van der Waals surface area contributed by atoms with E-state index in [9.17, 15) is 8.42 Å². The van der Waals surface area contributed by atoms with Gasteiger partial charge < -0.3 is 0 Å². The van der Waals surface area contributed by atoms with E-state index >= 15 is 0 Å². The Morgan fingerprint density at radius 1 is 0.958 bits per heavy atom. The third-order valence-electron chi connectivity index (χ3n) is 3.72. The molecule has 3 rings (SSSR count). The van der Waals surface area contributed by atoms with Crippen LogP contribution in [0.1, 0.15) is 0 Å². The maximum absolute atomic E-state index is 13.2. The highest BCUT2D eigenvalue weighted by molar-refractivity contribution is 9.10. The minimum atomic E-state index is -3.70. The minimum Gasteiger partial charge on any atom is -0.261 e. The molecule has 0 saturated carbocycles. The Morgan fingerprint density at radius 3 is 2.33 bits per heavy atom. The molecule has 0 fully saturated rings.